The van der Waals surface area contributed by atoms with E-state index in [4.69, 9.17) is 0 Å². The molecule has 2 aliphatic rings. The highest BCUT2D eigenvalue weighted by atomic mass is 32.2. The Morgan fingerprint density at radius 1 is 1.24 bits per heavy atom. The van der Waals surface area contributed by atoms with Crippen molar-refractivity contribution in [3.05, 3.63) is 54.5 Å². The van der Waals surface area contributed by atoms with E-state index >= 15 is 0 Å². The van der Waals surface area contributed by atoms with Gasteiger partial charge in [0.15, 0.2) is 5.65 Å². The number of hydrogen-bond donors (Lipinski definition) is 2. The number of rotatable bonds is 5. The van der Waals surface area contributed by atoms with Gasteiger partial charge in [0.1, 0.15) is 11.4 Å². The van der Waals surface area contributed by atoms with Gasteiger partial charge in [-0.15, -0.1) is 11.8 Å². The highest BCUT2D eigenvalue weighted by molar-refractivity contribution is 7.98. The highest BCUT2D eigenvalue weighted by Crippen LogP contribution is 2.39. The van der Waals surface area contributed by atoms with Gasteiger partial charge in [-0.05, 0) is 55.2 Å². The normalized spacial score (nSPS) is 23.2. The van der Waals surface area contributed by atoms with Gasteiger partial charge in [-0.2, -0.15) is 5.10 Å². The number of fused-ring (bicyclic) bond motifs is 3. The van der Waals surface area contributed by atoms with Crippen molar-refractivity contribution in [1.29, 1.82) is 0 Å². The lowest BCUT2D eigenvalue weighted by molar-refractivity contribution is -0.121. The molecule has 148 valence electrons. The van der Waals surface area contributed by atoms with Crippen LogP contribution in [0.5, 0.6) is 0 Å². The minimum atomic E-state index is 0.122. The van der Waals surface area contributed by atoms with Crippen LogP contribution in [0.3, 0.4) is 0 Å². The number of hydrogen-bond acceptors (Lipinski definition) is 5. The number of nitrogens with zero attached hydrogens (tertiary/aromatic N) is 3. The summed E-state index contributed by atoms with van der Waals surface area (Å²) in [5.74, 6) is 2.30. The Hall–Kier alpha value is -2.67. The maximum atomic E-state index is 12.8. The zero-order chi connectivity index (χ0) is 19.6. The number of thioether (sulfide) groups is 1. The molecule has 0 aliphatic heterocycles. The van der Waals surface area contributed by atoms with Gasteiger partial charge in [0, 0.05) is 17.4 Å². The Labute approximate surface area is 173 Å². The van der Waals surface area contributed by atoms with Gasteiger partial charge in [0.25, 0.3) is 0 Å². The molecule has 1 aromatic carbocycles. The fourth-order valence-corrected chi connectivity index (χ4v) is 5.41. The van der Waals surface area contributed by atoms with E-state index in [0.29, 0.717) is 11.8 Å². The topological polar surface area (TPSA) is 83.6 Å². The molecule has 29 heavy (non-hydrogen) atoms. The molecule has 2 heterocycles. The number of allylic oxidation sites excluding steroid dienone is 2. The van der Waals surface area contributed by atoms with Crippen LogP contribution in [0.15, 0.2) is 54.0 Å². The van der Waals surface area contributed by atoms with E-state index in [-0.39, 0.29) is 11.8 Å². The zero-order valence-corrected chi connectivity index (χ0v) is 16.9. The Balaban J connectivity index is 1.23. The predicted molar refractivity (Wildman–Crippen MR) is 114 cm³/mol. The summed E-state index contributed by atoms with van der Waals surface area (Å²) >= 11 is 1.64. The lowest BCUT2D eigenvalue weighted by Crippen LogP contribution is -2.32. The number of benzene rings is 1. The number of H-pyrrole nitrogens is 1. The molecule has 2 aromatic heterocycles. The van der Waals surface area contributed by atoms with Gasteiger partial charge in [-0.3, -0.25) is 9.89 Å². The third-order valence-electron chi connectivity index (χ3n) is 5.87. The first-order valence-electron chi connectivity index (χ1n) is 10.1. The van der Waals surface area contributed by atoms with E-state index < -0.39 is 0 Å². The molecule has 1 saturated carbocycles. The maximum Gasteiger partial charge on any atom is 0.227 e. The van der Waals surface area contributed by atoms with Gasteiger partial charge in [0.05, 0.1) is 11.6 Å². The molecule has 5 rings (SSSR count). The predicted octanol–water partition coefficient (Wildman–Crippen LogP) is 4.58. The van der Waals surface area contributed by atoms with E-state index in [9.17, 15) is 4.79 Å². The van der Waals surface area contributed by atoms with E-state index in [2.05, 4.69) is 49.8 Å². The van der Waals surface area contributed by atoms with Crippen LogP contribution < -0.4 is 5.32 Å². The molecule has 6 nitrogen and oxygen atoms in total. The monoisotopic (exact) mass is 405 g/mol. The molecule has 2 N–H and O–H groups in total. The first kappa shape index (κ1) is 18.4. The molecule has 1 amide bonds. The molecule has 0 spiro atoms. The van der Waals surface area contributed by atoms with Crippen molar-refractivity contribution >= 4 is 34.4 Å². The first-order valence-corrected chi connectivity index (χ1v) is 11.1. The van der Waals surface area contributed by atoms with Crippen LogP contribution in [0, 0.1) is 17.8 Å². The van der Waals surface area contributed by atoms with Crippen molar-refractivity contribution in [3.63, 3.8) is 0 Å². The Morgan fingerprint density at radius 3 is 3.14 bits per heavy atom. The van der Waals surface area contributed by atoms with E-state index in [1.807, 2.05) is 12.1 Å². The molecule has 0 saturated heterocycles. The second-order valence-corrected chi connectivity index (χ2v) is 8.95. The van der Waals surface area contributed by atoms with Crippen molar-refractivity contribution in [2.75, 3.05) is 5.32 Å². The summed E-state index contributed by atoms with van der Waals surface area (Å²) in [7, 11) is 0. The average Bonchev–Trinajstić information content (AvgIpc) is 3.22. The van der Waals surface area contributed by atoms with Gasteiger partial charge in [-0.25, -0.2) is 9.97 Å². The molecule has 2 bridgehead atoms. The summed E-state index contributed by atoms with van der Waals surface area (Å²) in [5.41, 5.74) is 2.76. The molecular weight excluding hydrogens is 382 g/mol. The van der Waals surface area contributed by atoms with Crippen molar-refractivity contribution in [1.82, 2.24) is 20.2 Å². The Morgan fingerprint density at radius 2 is 2.21 bits per heavy atom. The van der Waals surface area contributed by atoms with Crippen molar-refractivity contribution in [3.8, 4) is 0 Å². The van der Waals surface area contributed by atoms with Crippen LogP contribution >= 0.6 is 11.8 Å². The van der Waals surface area contributed by atoms with Gasteiger partial charge >= 0.3 is 0 Å². The fraction of sp³-hybridized carbons (Fsp3) is 0.364. The van der Waals surface area contributed by atoms with Crippen LogP contribution in [0.4, 0.5) is 5.69 Å². The summed E-state index contributed by atoms with van der Waals surface area (Å²) in [6, 6.07) is 8.10. The van der Waals surface area contributed by atoms with Crippen molar-refractivity contribution in [2.45, 2.75) is 36.5 Å². The second-order valence-electron chi connectivity index (χ2n) is 7.98. The quantitative estimate of drug-likeness (QED) is 0.369. The number of nitrogens with one attached hydrogen (secondary N) is 2. The third-order valence-corrected chi connectivity index (χ3v) is 6.95. The van der Waals surface area contributed by atoms with Crippen molar-refractivity contribution < 1.29 is 4.79 Å². The molecule has 7 heteroatoms. The molecular formula is C22H23N5OS. The highest BCUT2D eigenvalue weighted by Gasteiger charge is 2.33. The lowest BCUT2D eigenvalue weighted by atomic mass is 9.71. The number of carbonyl (C=O) groups is 1. The maximum absolute atomic E-state index is 12.8. The molecule has 3 atom stereocenters. The Bertz CT molecular complexity index is 1060. The zero-order valence-electron chi connectivity index (χ0n) is 16.0. The number of anilines is 1. The standard InChI is InChI=1S/C22H23N5OS/c28-21(17-8-14-3-1-4-15(7-14)9-17)26-18-6-2-5-16(10-18)12-29-22-19-11-25-27-20(19)23-13-24-22/h1-3,5-6,10-11,13-15,17H,4,7-9,12H2,(H,26,28)(H,23,24,25,27). The van der Waals surface area contributed by atoms with Gasteiger partial charge < -0.3 is 5.32 Å². The molecule has 3 aromatic rings. The van der Waals surface area contributed by atoms with E-state index in [1.165, 1.54) is 6.42 Å². The van der Waals surface area contributed by atoms with Crippen LogP contribution in [0.1, 0.15) is 31.2 Å². The number of carbonyl (C=O) groups excluding carboxylic acids is 1. The summed E-state index contributed by atoms with van der Waals surface area (Å²) in [6.45, 7) is 0. The van der Waals surface area contributed by atoms with Gasteiger partial charge in [0.2, 0.25) is 5.91 Å². The van der Waals surface area contributed by atoms with Crippen LogP contribution in [-0.2, 0) is 10.5 Å². The summed E-state index contributed by atoms with van der Waals surface area (Å²) in [6.07, 6.45) is 12.3. The molecule has 2 aliphatic carbocycles. The molecule has 0 radical (unpaired) electrons. The average molecular weight is 406 g/mol. The van der Waals surface area contributed by atoms with Gasteiger partial charge in [-0.1, -0.05) is 24.3 Å². The van der Waals surface area contributed by atoms with Crippen molar-refractivity contribution in [2.24, 2.45) is 17.8 Å². The second kappa shape index (κ2) is 7.99. The number of aromatic amines is 1. The summed E-state index contributed by atoms with van der Waals surface area (Å²) < 4.78 is 0. The van der Waals surface area contributed by atoms with E-state index in [1.54, 1.807) is 24.3 Å². The first-order chi connectivity index (χ1) is 14.2. The molecule has 1 fully saturated rings. The largest absolute Gasteiger partial charge is 0.326 e. The third kappa shape index (κ3) is 4.05. The Kier molecular flexibility index (Phi) is 5.06. The van der Waals surface area contributed by atoms with Crippen LogP contribution in [0.25, 0.3) is 11.0 Å². The summed E-state index contributed by atoms with van der Waals surface area (Å²) in [4.78, 5) is 21.4. The minimum Gasteiger partial charge on any atom is -0.326 e. The fourth-order valence-electron chi connectivity index (χ4n) is 4.50. The van der Waals surface area contributed by atoms with Crippen LogP contribution in [-0.4, -0.2) is 26.1 Å². The van der Waals surface area contributed by atoms with Crippen LogP contribution in [0.2, 0.25) is 0 Å². The number of amides is 1. The minimum absolute atomic E-state index is 0.122. The smallest absolute Gasteiger partial charge is 0.227 e. The molecule has 3 unspecified atom stereocenters. The number of aromatic nitrogens is 4. The van der Waals surface area contributed by atoms with E-state index in [0.717, 1.165) is 52.3 Å². The lowest BCUT2D eigenvalue weighted by Gasteiger charge is -2.35. The SMILES string of the molecule is O=C(Nc1cccc(CSc2ncnc3[nH]ncc23)c1)C1CC2C=CCC(C2)C1. The summed E-state index contributed by atoms with van der Waals surface area (Å²) in [5, 5.41) is 11.9.